The zero-order chi connectivity index (χ0) is 15.2. The van der Waals surface area contributed by atoms with Gasteiger partial charge in [0, 0.05) is 21.8 Å². The molecule has 1 aromatic rings. The number of aromatic amines is 1. The maximum atomic E-state index is 12.4. The van der Waals surface area contributed by atoms with Gasteiger partial charge in [0.1, 0.15) is 0 Å². The molecular weight excluding hydrogens is 258 g/mol. The van der Waals surface area contributed by atoms with Gasteiger partial charge in [0.05, 0.1) is 0 Å². The van der Waals surface area contributed by atoms with E-state index >= 15 is 0 Å². The van der Waals surface area contributed by atoms with E-state index in [0.29, 0.717) is 5.92 Å². The lowest BCUT2D eigenvalue weighted by atomic mass is 10.0. The molecule has 0 bridgehead atoms. The second-order valence-electron chi connectivity index (χ2n) is 6.29. The Morgan fingerprint density at radius 3 is 2.76 bits per heavy atom. The molecule has 0 unspecified atom stereocenters. The van der Waals surface area contributed by atoms with Crippen LogP contribution in [0.1, 0.15) is 57.2 Å². The molecule has 0 spiro atoms. The van der Waals surface area contributed by atoms with Gasteiger partial charge in [-0.3, -0.25) is 4.79 Å². The third kappa shape index (κ3) is 4.20. The molecule has 2 heteroatoms. The summed E-state index contributed by atoms with van der Waals surface area (Å²) in [6.45, 7) is 6.35. The average Bonchev–Trinajstić information content (AvgIpc) is 2.47. The minimum Gasteiger partial charge on any atom is -0.358 e. The van der Waals surface area contributed by atoms with E-state index in [1.165, 1.54) is 6.42 Å². The molecule has 0 saturated heterocycles. The van der Waals surface area contributed by atoms with Gasteiger partial charge in [0.25, 0.3) is 0 Å². The van der Waals surface area contributed by atoms with Crippen molar-refractivity contribution >= 4 is 12.2 Å². The number of nitrogens with one attached hydrogen (secondary N) is 1. The van der Waals surface area contributed by atoms with E-state index in [9.17, 15) is 4.79 Å². The molecule has 1 aliphatic rings. The lowest BCUT2D eigenvalue weighted by Crippen LogP contribution is -2.44. The van der Waals surface area contributed by atoms with Crippen LogP contribution < -0.4 is 16.0 Å². The topological polar surface area (TPSA) is 32.9 Å². The molecule has 0 amide bonds. The van der Waals surface area contributed by atoms with E-state index in [1.54, 1.807) is 0 Å². The van der Waals surface area contributed by atoms with Gasteiger partial charge in [0.15, 0.2) is 5.43 Å². The highest BCUT2D eigenvalue weighted by Gasteiger charge is 2.07. The summed E-state index contributed by atoms with van der Waals surface area (Å²) in [6.07, 6.45) is 15.2. The Kier molecular flexibility index (Phi) is 5.60. The van der Waals surface area contributed by atoms with Crippen LogP contribution in [0.25, 0.3) is 12.2 Å². The molecule has 0 saturated carbocycles. The van der Waals surface area contributed by atoms with Crippen molar-refractivity contribution in [1.29, 1.82) is 0 Å². The molecule has 114 valence electrons. The standard InChI is InChI=1S/C19H27NO/c1-14(2)10-6-4-5-7-12-17-15(3)19(21)16-11-8-9-13-18(16)20-17/h6,10-11,13-14,20H,4-5,7-9,12H2,1-3H3/b10-6+. The molecule has 0 fully saturated rings. The molecule has 1 aromatic heterocycles. The van der Waals surface area contributed by atoms with Gasteiger partial charge < -0.3 is 4.98 Å². The summed E-state index contributed by atoms with van der Waals surface area (Å²) in [6, 6.07) is 0. The summed E-state index contributed by atoms with van der Waals surface area (Å²) in [4.78, 5) is 15.8. The van der Waals surface area contributed by atoms with E-state index in [2.05, 4.69) is 43.1 Å². The van der Waals surface area contributed by atoms with Gasteiger partial charge in [-0.25, -0.2) is 0 Å². The lowest BCUT2D eigenvalue weighted by molar-refractivity contribution is 0.721. The summed E-state index contributed by atoms with van der Waals surface area (Å²) in [5, 5.41) is 1.91. The van der Waals surface area contributed by atoms with Gasteiger partial charge in [-0.2, -0.15) is 0 Å². The lowest BCUT2D eigenvalue weighted by Gasteiger charge is -2.08. The molecule has 0 atom stereocenters. The molecule has 1 N–H and O–H groups in total. The van der Waals surface area contributed by atoms with E-state index < -0.39 is 0 Å². The summed E-state index contributed by atoms with van der Waals surface area (Å²) >= 11 is 0. The smallest absolute Gasteiger partial charge is 0.192 e. The summed E-state index contributed by atoms with van der Waals surface area (Å²) < 4.78 is 0. The number of pyridine rings is 1. The fourth-order valence-corrected chi connectivity index (χ4v) is 2.79. The van der Waals surface area contributed by atoms with Crippen molar-refractivity contribution in [2.75, 3.05) is 0 Å². The molecule has 0 aromatic carbocycles. The first-order valence-corrected chi connectivity index (χ1v) is 8.18. The van der Waals surface area contributed by atoms with E-state index in [4.69, 9.17) is 0 Å². The van der Waals surface area contributed by atoms with Gasteiger partial charge in [-0.15, -0.1) is 0 Å². The molecule has 0 radical (unpaired) electrons. The maximum Gasteiger partial charge on any atom is 0.192 e. The van der Waals surface area contributed by atoms with E-state index in [1.807, 2.05) is 6.92 Å². The Hall–Kier alpha value is -1.57. The number of aryl methyl sites for hydroxylation is 1. The van der Waals surface area contributed by atoms with Crippen molar-refractivity contribution < 1.29 is 0 Å². The van der Waals surface area contributed by atoms with Crippen molar-refractivity contribution in [2.24, 2.45) is 5.92 Å². The largest absolute Gasteiger partial charge is 0.358 e. The van der Waals surface area contributed by atoms with Crippen LogP contribution in [0.15, 0.2) is 16.9 Å². The Balaban J connectivity index is 2.02. The van der Waals surface area contributed by atoms with Crippen molar-refractivity contribution in [3.63, 3.8) is 0 Å². The highest BCUT2D eigenvalue weighted by Crippen LogP contribution is 2.06. The Labute approximate surface area is 127 Å². The van der Waals surface area contributed by atoms with Crippen molar-refractivity contribution in [3.8, 4) is 0 Å². The fourth-order valence-electron chi connectivity index (χ4n) is 2.79. The Morgan fingerprint density at radius 2 is 2.00 bits per heavy atom. The third-order valence-corrected chi connectivity index (χ3v) is 4.05. The van der Waals surface area contributed by atoms with Gasteiger partial charge in [0.2, 0.25) is 0 Å². The SMILES string of the molecule is Cc1c(CCCC/C=C/C(C)C)[nH]c2c(c1=O)=CCCC=2. The molecular formula is C19H27NO. The van der Waals surface area contributed by atoms with Crippen LogP contribution in [0.5, 0.6) is 0 Å². The highest BCUT2D eigenvalue weighted by molar-refractivity contribution is 5.38. The van der Waals surface area contributed by atoms with E-state index in [0.717, 1.165) is 53.9 Å². The molecule has 2 rings (SSSR count). The zero-order valence-electron chi connectivity index (χ0n) is 13.5. The molecule has 1 aliphatic carbocycles. The second kappa shape index (κ2) is 7.44. The third-order valence-electron chi connectivity index (χ3n) is 4.05. The predicted octanol–water partition coefficient (Wildman–Crippen LogP) is 2.96. The quantitative estimate of drug-likeness (QED) is 0.632. The van der Waals surface area contributed by atoms with Crippen molar-refractivity contribution in [3.05, 3.63) is 44.2 Å². The van der Waals surface area contributed by atoms with E-state index in [-0.39, 0.29) is 5.43 Å². The van der Waals surface area contributed by atoms with Crippen LogP contribution in [0, 0.1) is 12.8 Å². The van der Waals surface area contributed by atoms with Crippen LogP contribution in [0.4, 0.5) is 0 Å². The maximum absolute atomic E-state index is 12.4. The molecule has 21 heavy (non-hydrogen) atoms. The number of rotatable bonds is 6. The van der Waals surface area contributed by atoms with Crippen LogP contribution >= 0.6 is 0 Å². The predicted molar refractivity (Wildman–Crippen MR) is 90.7 cm³/mol. The summed E-state index contributed by atoms with van der Waals surface area (Å²) in [7, 11) is 0. The molecule has 1 heterocycles. The number of unbranched alkanes of at least 4 members (excludes halogenated alkanes) is 2. The van der Waals surface area contributed by atoms with Crippen LogP contribution in [-0.2, 0) is 6.42 Å². The average molecular weight is 285 g/mol. The number of H-pyrrole nitrogens is 1. The summed E-state index contributed by atoms with van der Waals surface area (Å²) in [5.41, 5.74) is 2.24. The second-order valence-corrected chi connectivity index (χ2v) is 6.29. The number of aromatic nitrogens is 1. The highest BCUT2D eigenvalue weighted by atomic mass is 16.1. The number of hydrogen-bond acceptors (Lipinski definition) is 1. The van der Waals surface area contributed by atoms with Gasteiger partial charge >= 0.3 is 0 Å². The first-order valence-electron chi connectivity index (χ1n) is 8.18. The molecule has 0 aliphatic heterocycles. The first kappa shape index (κ1) is 15.8. The van der Waals surface area contributed by atoms with Crippen LogP contribution in [-0.4, -0.2) is 4.98 Å². The number of fused-ring (bicyclic) bond motifs is 1. The number of allylic oxidation sites excluding steroid dienone is 2. The fraction of sp³-hybridized carbons (Fsp3) is 0.526. The van der Waals surface area contributed by atoms with Crippen LogP contribution in [0.2, 0.25) is 0 Å². The zero-order valence-corrected chi connectivity index (χ0v) is 13.5. The minimum absolute atomic E-state index is 0.217. The minimum atomic E-state index is 0.217. The Bertz CT molecular complexity index is 677. The van der Waals surface area contributed by atoms with Crippen molar-refractivity contribution in [2.45, 2.75) is 59.3 Å². The molecule has 2 nitrogen and oxygen atoms in total. The van der Waals surface area contributed by atoms with Gasteiger partial charge in [-0.05, 0) is 51.4 Å². The van der Waals surface area contributed by atoms with Crippen molar-refractivity contribution in [1.82, 2.24) is 4.98 Å². The monoisotopic (exact) mass is 285 g/mol. The number of hydrogen-bond donors (Lipinski definition) is 1. The summed E-state index contributed by atoms with van der Waals surface area (Å²) in [5.74, 6) is 0.635. The normalized spacial score (nSPS) is 14.1. The van der Waals surface area contributed by atoms with Crippen LogP contribution in [0.3, 0.4) is 0 Å². The first-order chi connectivity index (χ1) is 10.1. The van der Waals surface area contributed by atoms with Gasteiger partial charge in [-0.1, -0.05) is 38.2 Å². The Morgan fingerprint density at radius 1 is 1.24 bits per heavy atom.